The number of pyridine rings is 1. The molecule has 0 saturated heterocycles. The zero-order chi connectivity index (χ0) is 44.5. The van der Waals surface area contributed by atoms with E-state index in [-0.39, 0.29) is 0 Å². The molecule has 0 aliphatic carbocycles. The van der Waals surface area contributed by atoms with E-state index in [2.05, 4.69) is 231 Å². The van der Waals surface area contributed by atoms with Crippen molar-refractivity contribution in [2.75, 3.05) is 0 Å². The van der Waals surface area contributed by atoms with E-state index in [1.54, 1.807) is 0 Å². The number of aromatic nitrogens is 3. The summed E-state index contributed by atoms with van der Waals surface area (Å²) >= 11 is 1.85. The van der Waals surface area contributed by atoms with Gasteiger partial charge >= 0.3 is 0 Å². The van der Waals surface area contributed by atoms with E-state index in [0.717, 1.165) is 89.5 Å². The van der Waals surface area contributed by atoms with Gasteiger partial charge in [-0.15, -0.1) is 11.3 Å². The van der Waals surface area contributed by atoms with E-state index in [1.165, 1.54) is 25.7 Å². The molecule has 0 fully saturated rings. The molecule has 314 valence electrons. The smallest absolute Gasteiger partial charge is 0.160 e. The van der Waals surface area contributed by atoms with Gasteiger partial charge in [0.15, 0.2) is 5.82 Å². The lowest BCUT2D eigenvalue weighted by Gasteiger charge is -2.23. The van der Waals surface area contributed by atoms with E-state index in [4.69, 9.17) is 15.0 Å². The van der Waals surface area contributed by atoms with Crippen LogP contribution in [0.2, 0.25) is 0 Å². The minimum atomic E-state index is 0.682. The molecule has 0 bridgehead atoms. The Morgan fingerprint density at radius 3 is 1.30 bits per heavy atom. The summed E-state index contributed by atoms with van der Waals surface area (Å²) in [7, 11) is 0. The van der Waals surface area contributed by atoms with E-state index >= 15 is 0 Å². The van der Waals surface area contributed by atoms with Gasteiger partial charge in [0, 0.05) is 64.7 Å². The predicted octanol–water partition coefficient (Wildman–Crippen LogP) is 17.2. The van der Waals surface area contributed by atoms with Crippen molar-refractivity contribution < 1.29 is 0 Å². The summed E-state index contributed by atoms with van der Waals surface area (Å²) in [6, 6.07) is 88.0. The normalized spacial score (nSPS) is 11.3. The predicted molar refractivity (Wildman–Crippen MR) is 282 cm³/mol. The average Bonchev–Trinajstić information content (AvgIpc) is 3.81. The molecule has 0 unspecified atom stereocenters. The second-order valence-electron chi connectivity index (χ2n) is 16.7. The number of nitrogens with zero attached hydrogens (tertiary/aromatic N) is 3. The number of fused-ring (bicyclic) bond motifs is 3. The number of thiophene rings is 1. The van der Waals surface area contributed by atoms with Crippen LogP contribution in [0, 0.1) is 0 Å². The molecule has 3 nitrogen and oxygen atoms in total. The standard InChI is InChI=1S/C63H41N3S/c1-6-20-43(21-7-1)58-57(59(44-22-8-2-9-23-44)61(47-26-12-4-13-27-47)66-60(58)46-24-10-3-11-25-46)45-38-36-42(37-39-45)54-41-55(65-63(64-54)48-28-14-5-15-29-48)50-31-18-30-49(40-50)51-33-19-34-53-52-32-16-17-35-56(52)67-62(51)53/h1-41H. The molecular formula is C63H41N3S. The van der Waals surface area contributed by atoms with Crippen molar-refractivity contribution in [1.82, 2.24) is 15.0 Å². The number of hydrogen-bond donors (Lipinski definition) is 0. The highest BCUT2D eigenvalue weighted by Gasteiger charge is 2.25. The highest BCUT2D eigenvalue weighted by Crippen LogP contribution is 2.49. The summed E-state index contributed by atoms with van der Waals surface area (Å²) < 4.78 is 2.59. The summed E-state index contributed by atoms with van der Waals surface area (Å²) in [5, 5.41) is 2.58. The quantitative estimate of drug-likeness (QED) is 0.145. The fraction of sp³-hybridized carbons (Fsp3) is 0. The van der Waals surface area contributed by atoms with E-state index in [1.807, 2.05) is 29.5 Å². The molecule has 4 heteroatoms. The lowest BCUT2D eigenvalue weighted by molar-refractivity contribution is 1.18. The van der Waals surface area contributed by atoms with Crippen LogP contribution in [-0.2, 0) is 0 Å². The molecule has 12 rings (SSSR count). The van der Waals surface area contributed by atoms with Crippen LogP contribution >= 0.6 is 11.3 Å². The van der Waals surface area contributed by atoms with Crippen molar-refractivity contribution in [3.8, 4) is 101 Å². The van der Waals surface area contributed by atoms with Crippen molar-refractivity contribution in [2.24, 2.45) is 0 Å². The van der Waals surface area contributed by atoms with Gasteiger partial charge in [-0.1, -0.05) is 231 Å². The second-order valence-corrected chi connectivity index (χ2v) is 17.7. The SMILES string of the molecule is c1ccc(-c2nc(-c3ccc(-c4c(-c5ccccc5)c(-c5ccccc5)nc(-c5ccccc5)c4-c4ccccc4)cc3)cc(-c3cccc(-c4cccc5c4sc4ccccc45)c3)n2)cc1. The first-order chi connectivity index (χ1) is 33.2. The Bertz CT molecular complexity index is 3600. The summed E-state index contributed by atoms with van der Waals surface area (Å²) in [5.41, 5.74) is 17.6. The molecule has 0 aliphatic heterocycles. The van der Waals surface area contributed by atoms with Gasteiger partial charge in [-0.3, -0.25) is 0 Å². The molecule has 67 heavy (non-hydrogen) atoms. The van der Waals surface area contributed by atoms with Gasteiger partial charge in [0.2, 0.25) is 0 Å². The summed E-state index contributed by atoms with van der Waals surface area (Å²) in [6.45, 7) is 0. The van der Waals surface area contributed by atoms with Crippen LogP contribution in [0.4, 0.5) is 0 Å². The van der Waals surface area contributed by atoms with Crippen LogP contribution < -0.4 is 0 Å². The molecule has 3 aromatic heterocycles. The fourth-order valence-electron chi connectivity index (χ4n) is 9.34. The number of rotatable bonds is 9. The summed E-state index contributed by atoms with van der Waals surface area (Å²) in [4.78, 5) is 16.1. The van der Waals surface area contributed by atoms with Gasteiger partial charge in [-0.05, 0) is 46.0 Å². The molecule has 0 radical (unpaired) electrons. The molecule has 0 saturated carbocycles. The summed E-state index contributed by atoms with van der Waals surface area (Å²) in [5.74, 6) is 0.682. The maximum absolute atomic E-state index is 5.63. The zero-order valence-corrected chi connectivity index (χ0v) is 37.2. The fourth-order valence-corrected chi connectivity index (χ4v) is 10.6. The third kappa shape index (κ3) is 7.59. The molecule has 0 N–H and O–H groups in total. The van der Waals surface area contributed by atoms with E-state index < -0.39 is 0 Å². The monoisotopic (exact) mass is 871 g/mol. The van der Waals surface area contributed by atoms with Crippen LogP contribution in [-0.4, -0.2) is 15.0 Å². The first kappa shape index (κ1) is 40.0. The highest BCUT2D eigenvalue weighted by molar-refractivity contribution is 7.26. The average molecular weight is 872 g/mol. The Balaban J connectivity index is 1.04. The third-order valence-corrected chi connectivity index (χ3v) is 13.7. The van der Waals surface area contributed by atoms with E-state index in [0.29, 0.717) is 5.82 Å². The largest absolute Gasteiger partial charge is 0.246 e. The van der Waals surface area contributed by atoms with Gasteiger partial charge < -0.3 is 0 Å². The molecule has 3 heterocycles. The van der Waals surface area contributed by atoms with Crippen LogP contribution in [0.1, 0.15) is 0 Å². The number of benzene rings is 9. The molecular weight excluding hydrogens is 831 g/mol. The Hall–Kier alpha value is -8.57. The molecule has 0 atom stereocenters. The van der Waals surface area contributed by atoms with E-state index in [9.17, 15) is 0 Å². The highest BCUT2D eigenvalue weighted by atomic mass is 32.1. The lowest BCUT2D eigenvalue weighted by Crippen LogP contribution is -2.01. The lowest BCUT2D eigenvalue weighted by atomic mass is 9.83. The van der Waals surface area contributed by atoms with Gasteiger partial charge in [-0.2, -0.15) is 0 Å². The van der Waals surface area contributed by atoms with Gasteiger partial charge in [0.25, 0.3) is 0 Å². The van der Waals surface area contributed by atoms with Crippen LogP contribution in [0.25, 0.3) is 121 Å². The summed E-state index contributed by atoms with van der Waals surface area (Å²) in [6.07, 6.45) is 0. The Morgan fingerprint density at radius 2 is 0.701 bits per heavy atom. The van der Waals surface area contributed by atoms with Crippen molar-refractivity contribution in [3.05, 3.63) is 249 Å². The van der Waals surface area contributed by atoms with Crippen molar-refractivity contribution in [2.45, 2.75) is 0 Å². The Kier molecular flexibility index (Phi) is 10.4. The van der Waals surface area contributed by atoms with Crippen LogP contribution in [0.5, 0.6) is 0 Å². The Morgan fingerprint density at radius 1 is 0.269 bits per heavy atom. The van der Waals surface area contributed by atoms with Gasteiger partial charge in [0.1, 0.15) is 0 Å². The maximum atomic E-state index is 5.63. The topological polar surface area (TPSA) is 38.7 Å². The van der Waals surface area contributed by atoms with Gasteiger partial charge in [0.05, 0.1) is 22.8 Å². The molecule has 9 aromatic carbocycles. The van der Waals surface area contributed by atoms with Crippen molar-refractivity contribution in [1.29, 1.82) is 0 Å². The first-order valence-corrected chi connectivity index (χ1v) is 23.4. The third-order valence-electron chi connectivity index (χ3n) is 12.5. The van der Waals surface area contributed by atoms with Crippen LogP contribution in [0.3, 0.4) is 0 Å². The molecule has 0 aliphatic rings. The van der Waals surface area contributed by atoms with Gasteiger partial charge in [-0.25, -0.2) is 15.0 Å². The van der Waals surface area contributed by atoms with Crippen molar-refractivity contribution in [3.63, 3.8) is 0 Å². The molecule has 0 spiro atoms. The molecule has 12 aromatic rings. The number of hydrogen-bond acceptors (Lipinski definition) is 4. The van der Waals surface area contributed by atoms with Crippen molar-refractivity contribution >= 4 is 31.5 Å². The minimum absolute atomic E-state index is 0.682. The Labute approximate surface area is 394 Å². The second kappa shape index (κ2) is 17.4. The maximum Gasteiger partial charge on any atom is 0.160 e. The minimum Gasteiger partial charge on any atom is -0.246 e. The zero-order valence-electron chi connectivity index (χ0n) is 36.4. The first-order valence-electron chi connectivity index (χ1n) is 22.6. The molecule has 0 amide bonds. The van der Waals surface area contributed by atoms with Crippen LogP contribution in [0.15, 0.2) is 249 Å².